The largest absolute Gasteiger partial charge is 0.491 e. The zero-order chi connectivity index (χ0) is 10.5. The van der Waals surface area contributed by atoms with Crippen molar-refractivity contribution < 1.29 is 14.2 Å². The summed E-state index contributed by atoms with van der Waals surface area (Å²) in [6.45, 7) is 4.90. The van der Waals surface area contributed by atoms with E-state index in [4.69, 9.17) is 14.2 Å². The van der Waals surface area contributed by atoms with Gasteiger partial charge in [-0.15, -0.1) is 0 Å². The van der Waals surface area contributed by atoms with Crippen molar-refractivity contribution in [1.29, 1.82) is 0 Å². The Balaban J connectivity index is 1.79. The van der Waals surface area contributed by atoms with Gasteiger partial charge in [-0.2, -0.15) is 0 Å². The molecule has 0 N–H and O–H groups in total. The van der Waals surface area contributed by atoms with E-state index < -0.39 is 0 Å². The van der Waals surface area contributed by atoms with E-state index in [-0.39, 0.29) is 0 Å². The van der Waals surface area contributed by atoms with Crippen molar-refractivity contribution in [2.45, 2.75) is 19.6 Å². The van der Waals surface area contributed by atoms with Gasteiger partial charge in [-0.3, -0.25) is 0 Å². The number of benzene rings is 1. The van der Waals surface area contributed by atoms with Gasteiger partial charge in [-0.05, 0) is 24.6 Å². The summed E-state index contributed by atoms with van der Waals surface area (Å²) < 4.78 is 15.9. The Kier molecular flexibility index (Phi) is 3.59. The van der Waals surface area contributed by atoms with Crippen molar-refractivity contribution in [3.8, 4) is 5.75 Å². The fourth-order valence-corrected chi connectivity index (χ4v) is 1.26. The molecule has 0 saturated carbocycles. The SMILES string of the molecule is CCOCc1ccc(OCC2CO2)cc1. The molecule has 1 heterocycles. The van der Waals surface area contributed by atoms with Crippen molar-refractivity contribution >= 4 is 0 Å². The van der Waals surface area contributed by atoms with Gasteiger partial charge >= 0.3 is 0 Å². The maximum atomic E-state index is 5.52. The molecule has 0 spiro atoms. The van der Waals surface area contributed by atoms with Crippen LogP contribution in [0.1, 0.15) is 12.5 Å². The molecule has 1 aromatic rings. The predicted octanol–water partition coefficient (Wildman–Crippen LogP) is 2.00. The third-order valence-corrected chi connectivity index (χ3v) is 2.23. The van der Waals surface area contributed by atoms with E-state index in [1.165, 1.54) is 5.56 Å². The molecule has 0 aliphatic carbocycles. The molecule has 0 radical (unpaired) electrons. The van der Waals surface area contributed by atoms with Crippen molar-refractivity contribution in [1.82, 2.24) is 0 Å². The predicted molar refractivity (Wildman–Crippen MR) is 57.0 cm³/mol. The molecule has 1 saturated heterocycles. The first kappa shape index (κ1) is 10.5. The van der Waals surface area contributed by atoms with E-state index in [1.807, 2.05) is 31.2 Å². The number of hydrogen-bond donors (Lipinski definition) is 0. The highest BCUT2D eigenvalue weighted by Gasteiger charge is 2.22. The lowest BCUT2D eigenvalue weighted by Gasteiger charge is -2.05. The lowest BCUT2D eigenvalue weighted by Crippen LogP contribution is -2.03. The average molecular weight is 208 g/mol. The first-order valence-electron chi connectivity index (χ1n) is 5.29. The molecule has 0 bridgehead atoms. The molecular weight excluding hydrogens is 192 g/mol. The van der Waals surface area contributed by atoms with Crippen LogP contribution in [0.3, 0.4) is 0 Å². The summed E-state index contributed by atoms with van der Waals surface area (Å²) in [7, 11) is 0. The van der Waals surface area contributed by atoms with Crippen molar-refractivity contribution in [2.75, 3.05) is 19.8 Å². The smallest absolute Gasteiger partial charge is 0.119 e. The summed E-state index contributed by atoms with van der Waals surface area (Å²) in [4.78, 5) is 0. The number of epoxide rings is 1. The van der Waals surface area contributed by atoms with Crippen LogP contribution in [0.15, 0.2) is 24.3 Å². The van der Waals surface area contributed by atoms with Crippen molar-refractivity contribution in [2.24, 2.45) is 0 Å². The number of ether oxygens (including phenoxy) is 3. The molecule has 1 atom stereocenters. The molecule has 0 aromatic heterocycles. The Bertz CT molecular complexity index is 290. The van der Waals surface area contributed by atoms with Crippen LogP contribution in [-0.2, 0) is 16.1 Å². The van der Waals surface area contributed by atoms with Crippen LogP contribution in [0.4, 0.5) is 0 Å². The minimum atomic E-state index is 0.313. The molecule has 15 heavy (non-hydrogen) atoms. The summed E-state index contributed by atoms with van der Waals surface area (Å²) in [5.41, 5.74) is 1.17. The van der Waals surface area contributed by atoms with E-state index in [9.17, 15) is 0 Å². The second kappa shape index (κ2) is 5.14. The topological polar surface area (TPSA) is 31.0 Å². The summed E-state index contributed by atoms with van der Waals surface area (Å²) in [5.74, 6) is 0.894. The molecule has 1 aliphatic rings. The van der Waals surface area contributed by atoms with Gasteiger partial charge < -0.3 is 14.2 Å². The first-order valence-corrected chi connectivity index (χ1v) is 5.29. The van der Waals surface area contributed by atoms with Crippen LogP contribution in [0.25, 0.3) is 0 Å². The minimum absolute atomic E-state index is 0.313. The van der Waals surface area contributed by atoms with E-state index >= 15 is 0 Å². The monoisotopic (exact) mass is 208 g/mol. The summed E-state index contributed by atoms with van der Waals surface area (Å²) >= 11 is 0. The van der Waals surface area contributed by atoms with Crippen LogP contribution in [0.2, 0.25) is 0 Å². The van der Waals surface area contributed by atoms with E-state index in [1.54, 1.807) is 0 Å². The van der Waals surface area contributed by atoms with E-state index in [0.717, 1.165) is 19.0 Å². The molecule has 3 nitrogen and oxygen atoms in total. The van der Waals surface area contributed by atoms with Crippen LogP contribution in [-0.4, -0.2) is 25.9 Å². The highest BCUT2D eigenvalue weighted by atomic mass is 16.6. The normalized spacial score (nSPS) is 18.9. The second-order valence-electron chi connectivity index (χ2n) is 3.55. The first-order chi connectivity index (χ1) is 7.38. The Morgan fingerprint density at radius 1 is 1.33 bits per heavy atom. The zero-order valence-corrected chi connectivity index (χ0v) is 8.94. The van der Waals surface area contributed by atoms with Crippen LogP contribution >= 0.6 is 0 Å². The molecule has 0 amide bonds. The quantitative estimate of drug-likeness (QED) is 0.670. The third-order valence-electron chi connectivity index (χ3n) is 2.23. The third kappa shape index (κ3) is 3.53. The van der Waals surface area contributed by atoms with Gasteiger partial charge in [0, 0.05) is 6.61 Å². The Morgan fingerprint density at radius 3 is 2.67 bits per heavy atom. The number of hydrogen-bond acceptors (Lipinski definition) is 3. The van der Waals surface area contributed by atoms with Gasteiger partial charge in [0.2, 0.25) is 0 Å². The molecule has 3 heteroatoms. The van der Waals surface area contributed by atoms with E-state index in [0.29, 0.717) is 19.3 Å². The molecule has 82 valence electrons. The summed E-state index contributed by atoms with van der Waals surface area (Å²) in [5, 5.41) is 0. The highest BCUT2D eigenvalue weighted by Crippen LogP contribution is 2.16. The van der Waals surface area contributed by atoms with Crippen LogP contribution in [0, 0.1) is 0 Å². The van der Waals surface area contributed by atoms with Gasteiger partial charge in [-0.1, -0.05) is 12.1 Å². The lowest BCUT2D eigenvalue weighted by molar-refractivity contribution is 0.134. The molecule has 2 rings (SSSR count). The Morgan fingerprint density at radius 2 is 2.07 bits per heavy atom. The van der Waals surface area contributed by atoms with Gasteiger partial charge in [0.15, 0.2) is 0 Å². The van der Waals surface area contributed by atoms with Gasteiger partial charge in [0.05, 0.1) is 13.2 Å². The Labute approximate surface area is 90.0 Å². The lowest BCUT2D eigenvalue weighted by atomic mass is 10.2. The maximum absolute atomic E-state index is 5.52. The molecule has 1 fully saturated rings. The van der Waals surface area contributed by atoms with E-state index in [2.05, 4.69) is 0 Å². The highest BCUT2D eigenvalue weighted by molar-refractivity contribution is 5.26. The van der Waals surface area contributed by atoms with Crippen molar-refractivity contribution in [3.63, 3.8) is 0 Å². The average Bonchev–Trinajstić information content (AvgIpc) is 3.09. The standard InChI is InChI=1S/C12H16O3/c1-2-13-7-10-3-5-11(6-4-10)14-8-12-9-15-12/h3-6,12H,2,7-9H2,1H3. The fraction of sp³-hybridized carbons (Fsp3) is 0.500. The maximum Gasteiger partial charge on any atom is 0.119 e. The van der Waals surface area contributed by atoms with Crippen LogP contribution < -0.4 is 4.74 Å². The summed E-state index contributed by atoms with van der Waals surface area (Å²) in [6, 6.07) is 7.99. The Hall–Kier alpha value is -1.06. The zero-order valence-electron chi connectivity index (χ0n) is 8.94. The van der Waals surface area contributed by atoms with Gasteiger partial charge in [-0.25, -0.2) is 0 Å². The molecular formula is C12H16O3. The number of rotatable bonds is 6. The van der Waals surface area contributed by atoms with Gasteiger partial charge in [0.25, 0.3) is 0 Å². The molecule has 1 unspecified atom stereocenters. The summed E-state index contributed by atoms with van der Waals surface area (Å²) in [6.07, 6.45) is 0.313. The van der Waals surface area contributed by atoms with Crippen molar-refractivity contribution in [3.05, 3.63) is 29.8 Å². The molecule has 1 aromatic carbocycles. The van der Waals surface area contributed by atoms with Crippen LogP contribution in [0.5, 0.6) is 5.75 Å². The second-order valence-corrected chi connectivity index (χ2v) is 3.55. The molecule has 1 aliphatic heterocycles. The minimum Gasteiger partial charge on any atom is -0.491 e. The fourth-order valence-electron chi connectivity index (χ4n) is 1.26. The van der Waals surface area contributed by atoms with Gasteiger partial charge in [0.1, 0.15) is 18.5 Å².